The molecule has 0 amide bonds. The second kappa shape index (κ2) is 7.34. The minimum Gasteiger partial charge on any atom is -0.494 e. The maximum absolute atomic E-state index is 13.8. The van der Waals surface area contributed by atoms with E-state index in [9.17, 15) is 9.18 Å². The molecule has 0 bridgehead atoms. The Kier molecular flexibility index (Phi) is 4.98. The predicted octanol–water partition coefficient (Wildman–Crippen LogP) is 4.38. The quantitative estimate of drug-likeness (QED) is 0.625. The van der Waals surface area contributed by atoms with Crippen molar-refractivity contribution in [3.05, 3.63) is 89.0 Å². The van der Waals surface area contributed by atoms with Crippen LogP contribution < -0.4 is 4.74 Å². The van der Waals surface area contributed by atoms with Gasteiger partial charge in [-0.15, -0.1) is 0 Å². The number of aromatic nitrogens is 1. The van der Waals surface area contributed by atoms with E-state index < -0.39 is 0 Å². The van der Waals surface area contributed by atoms with Gasteiger partial charge in [0, 0.05) is 24.7 Å². The molecule has 2 aromatic carbocycles. The third-order valence-corrected chi connectivity index (χ3v) is 4.22. The Morgan fingerprint density at radius 3 is 2.44 bits per heavy atom. The summed E-state index contributed by atoms with van der Waals surface area (Å²) in [5, 5.41) is 0. The van der Waals surface area contributed by atoms with Crippen LogP contribution in [0.2, 0.25) is 0 Å². The molecule has 128 valence electrons. The van der Waals surface area contributed by atoms with Crippen LogP contribution in [0.25, 0.3) is 0 Å². The highest BCUT2D eigenvalue weighted by atomic mass is 19.1. The van der Waals surface area contributed by atoms with Crippen LogP contribution >= 0.6 is 0 Å². The van der Waals surface area contributed by atoms with Gasteiger partial charge in [-0.05, 0) is 55.0 Å². The molecule has 1 aromatic heterocycles. The lowest BCUT2D eigenvalue weighted by atomic mass is 10.1. The highest BCUT2D eigenvalue weighted by Crippen LogP contribution is 2.19. The van der Waals surface area contributed by atoms with Crippen molar-refractivity contribution in [2.75, 3.05) is 6.61 Å². The van der Waals surface area contributed by atoms with Crippen molar-refractivity contribution in [2.45, 2.75) is 13.3 Å². The smallest absolute Gasteiger partial charge is 0.209 e. The molecule has 0 spiro atoms. The fourth-order valence-electron chi connectivity index (χ4n) is 2.81. The van der Waals surface area contributed by atoms with Crippen molar-refractivity contribution >= 4 is 5.78 Å². The van der Waals surface area contributed by atoms with E-state index in [-0.39, 0.29) is 11.6 Å². The maximum atomic E-state index is 13.8. The Morgan fingerprint density at radius 1 is 1.04 bits per heavy atom. The number of halogens is 1. The Hall–Kier alpha value is -2.88. The lowest BCUT2D eigenvalue weighted by molar-refractivity contribution is 0.103. The minimum absolute atomic E-state index is 0.0645. The summed E-state index contributed by atoms with van der Waals surface area (Å²) in [6.45, 7) is 2.50. The summed E-state index contributed by atoms with van der Waals surface area (Å²) in [4.78, 5) is 12.7. The van der Waals surface area contributed by atoms with Crippen LogP contribution in [0, 0.1) is 5.82 Å². The fraction of sp³-hybridized carbons (Fsp3) is 0.190. The van der Waals surface area contributed by atoms with Crippen LogP contribution in [0.1, 0.15) is 34.2 Å². The van der Waals surface area contributed by atoms with E-state index in [2.05, 4.69) is 0 Å². The number of carbonyl (C=O) groups is 1. The molecule has 0 aliphatic heterocycles. The van der Waals surface area contributed by atoms with Gasteiger partial charge in [-0.25, -0.2) is 4.39 Å². The first kappa shape index (κ1) is 17.0. The minimum atomic E-state index is -0.233. The number of hydrogen-bond acceptors (Lipinski definition) is 2. The second-order valence-electron chi connectivity index (χ2n) is 5.82. The molecule has 0 saturated carbocycles. The van der Waals surface area contributed by atoms with Gasteiger partial charge < -0.3 is 9.30 Å². The van der Waals surface area contributed by atoms with Gasteiger partial charge in [-0.2, -0.15) is 0 Å². The number of nitrogens with zero attached hydrogens (tertiary/aromatic N) is 1. The lowest BCUT2D eigenvalue weighted by Gasteiger charge is -2.09. The maximum Gasteiger partial charge on any atom is 0.209 e. The number of rotatable bonds is 6. The van der Waals surface area contributed by atoms with Crippen molar-refractivity contribution in [3.63, 3.8) is 0 Å². The van der Waals surface area contributed by atoms with Crippen LogP contribution in [0.3, 0.4) is 0 Å². The van der Waals surface area contributed by atoms with Crippen molar-refractivity contribution < 1.29 is 13.9 Å². The first-order chi connectivity index (χ1) is 12.1. The van der Waals surface area contributed by atoms with Crippen LogP contribution in [-0.2, 0) is 13.5 Å². The number of carbonyl (C=O) groups excluding carboxylic acids is 1. The first-order valence-electron chi connectivity index (χ1n) is 8.25. The molecule has 0 fully saturated rings. The van der Waals surface area contributed by atoms with Gasteiger partial charge in [-0.3, -0.25) is 4.79 Å². The molecule has 3 rings (SSSR count). The summed E-state index contributed by atoms with van der Waals surface area (Å²) in [7, 11) is 1.83. The standard InChI is InChI=1S/C21H20FNO2/c1-3-25-18-11-8-15(9-12-18)21(24)20-13-10-17(23(20)2)14-16-6-4-5-7-19(16)22/h4-13H,3,14H2,1-2H3. The van der Waals surface area contributed by atoms with Crippen molar-refractivity contribution in [3.8, 4) is 5.75 Å². The van der Waals surface area contributed by atoms with Crippen LogP contribution in [0.15, 0.2) is 60.7 Å². The number of ketones is 1. The topological polar surface area (TPSA) is 31.2 Å². The van der Waals surface area contributed by atoms with Gasteiger partial charge >= 0.3 is 0 Å². The molecule has 4 heteroatoms. The highest BCUT2D eigenvalue weighted by molar-refractivity contribution is 6.08. The van der Waals surface area contributed by atoms with Gasteiger partial charge in [0.25, 0.3) is 0 Å². The molecule has 0 aliphatic carbocycles. The van der Waals surface area contributed by atoms with E-state index >= 15 is 0 Å². The Bertz CT molecular complexity index is 881. The molecule has 0 radical (unpaired) electrons. The molecule has 3 aromatic rings. The van der Waals surface area contributed by atoms with E-state index in [0.29, 0.717) is 29.8 Å². The van der Waals surface area contributed by atoms with Gasteiger partial charge in [0.2, 0.25) is 5.78 Å². The zero-order valence-electron chi connectivity index (χ0n) is 14.3. The molecular formula is C21H20FNO2. The number of ether oxygens (including phenoxy) is 1. The average Bonchev–Trinajstić information content (AvgIpc) is 2.98. The van der Waals surface area contributed by atoms with E-state index in [4.69, 9.17) is 4.74 Å². The second-order valence-corrected chi connectivity index (χ2v) is 5.82. The largest absolute Gasteiger partial charge is 0.494 e. The van der Waals surface area contributed by atoms with Crippen LogP contribution in [0.5, 0.6) is 5.75 Å². The molecule has 3 nitrogen and oxygen atoms in total. The average molecular weight is 337 g/mol. The molecule has 0 aliphatic rings. The molecule has 0 saturated heterocycles. The van der Waals surface area contributed by atoms with Gasteiger partial charge in [0.15, 0.2) is 0 Å². The van der Waals surface area contributed by atoms with Crippen molar-refractivity contribution in [1.29, 1.82) is 0 Å². The molecule has 0 unspecified atom stereocenters. The van der Waals surface area contributed by atoms with Gasteiger partial charge in [0.05, 0.1) is 12.3 Å². The monoisotopic (exact) mass is 337 g/mol. The van der Waals surface area contributed by atoms with Crippen LogP contribution in [-0.4, -0.2) is 17.0 Å². The predicted molar refractivity (Wildman–Crippen MR) is 95.7 cm³/mol. The SMILES string of the molecule is CCOc1ccc(C(=O)c2ccc(Cc3ccccc3F)n2C)cc1. The fourth-order valence-corrected chi connectivity index (χ4v) is 2.81. The zero-order chi connectivity index (χ0) is 17.8. The molecule has 0 atom stereocenters. The van der Waals surface area contributed by atoms with E-state index in [0.717, 1.165) is 11.4 Å². The van der Waals surface area contributed by atoms with Gasteiger partial charge in [-0.1, -0.05) is 18.2 Å². The summed E-state index contributed by atoms with van der Waals surface area (Å²) in [5.41, 5.74) is 2.68. The molecule has 1 heterocycles. The van der Waals surface area contributed by atoms with Crippen LogP contribution in [0.4, 0.5) is 4.39 Å². The summed E-state index contributed by atoms with van der Waals surface area (Å²) in [5.74, 6) is 0.444. The van der Waals surface area contributed by atoms with Crippen molar-refractivity contribution in [1.82, 2.24) is 4.57 Å². The summed E-state index contributed by atoms with van der Waals surface area (Å²) < 4.78 is 21.1. The molecule has 0 N–H and O–H groups in total. The normalized spacial score (nSPS) is 10.7. The third-order valence-electron chi connectivity index (χ3n) is 4.22. The molecular weight excluding hydrogens is 317 g/mol. The lowest BCUT2D eigenvalue weighted by Crippen LogP contribution is -2.09. The van der Waals surface area contributed by atoms with Crippen molar-refractivity contribution in [2.24, 2.45) is 7.05 Å². The first-order valence-corrected chi connectivity index (χ1v) is 8.25. The summed E-state index contributed by atoms with van der Waals surface area (Å²) in [6.07, 6.45) is 0.444. The Balaban J connectivity index is 1.82. The third kappa shape index (κ3) is 3.63. The van der Waals surface area contributed by atoms with Gasteiger partial charge in [0.1, 0.15) is 11.6 Å². The van der Waals surface area contributed by atoms with E-state index in [1.807, 2.05) is 30.7 Å². The van der Waals surface area contributed by atoms with E-state index in [1.54, 1.807) is 42.5 Å². The molecule has 25 heavy (non-hydrogen) atoms. The zero-order valence-corrected chi connectivity index (χ0v) is 14.3. The Labute approximate surface area is 146 Å². The summed E-state index contributed by atoms with van der Waals surface area (Å²) in [6, 6.07) is 17.5. The number of benzene rings is 2. The number of hydrogen-bond donors (Lipinski definition) is 0. The highest BCUT2D eigenvalue weighted by Gasteiger charge is 2.15. The van der Waals surface area contributed by atoms with E-state index in [1.165, 1.54) is 6.07 Å². The summed E-state index contributed by atoms with van der Waals surface area (Å²) >= 11 is 0. The Morgan fingerprint density at radius 2 is 1.76 bits per heavy atom.